The Morgan fingerprint density at radius 2 is 2.21 bits per heavy atom. The summed E-state index contributed by atoms with van der Waals surface area (Å²) < 4.78 is 5.59. The van der Waals surface area contributed by atoms with E-state index < -0.39 is 0 Å². The third kappa shape index (κ3) is 1.83. The smallest absolute Gasteiger partial charge is 0.162 e. The fourth-order valence-corrected chi connectivity index (χ4v) is 1.40. The summed E-state index contributed by atoms with van der Waals surface area (Å²) in [7, 11) is 0. The third-order valence-electron chi connectivity index (χ3n) is 1.69. The second kappa shape index (κ2) is 3.89. The lowest BCUT2D eigenvalue weighted by Gasteiger charge is -1.93. The van der Waals surface area contributed by atoms with Crippen LogP contribution in [-0.4, -0.2) is 15.2 Å². The average molecular weight is 255 g/mol. The van der Waals surface area contributed by atoms with Gasteiger partial charge in [-0.3, -0.25) is 0 Å². The van der Waals surface area contributed by atoms with Crippen LogP contribution in [0.4, 0.5) is 0 Å². The third-order valence-corrected chi connectivity index (χ3v) is 2.13. The number of aromatic nitrogens is 2. The van der Waals surface area contributed by atoms with Crippen molar-refractivity contribution in [1.82, 2.24) is 10.1 Å². The van der Waals surface area contributed by atoms with Gasteiger partial charge >= 0.3 is 0 Å². The molecule has 1 N–H and O–H groups in total. The van der Waals surface area contributed by atoms with Crippen LogP contribution in [0.5, 0.6) is 0 Å². The molecule has 14 heavy (non-hydrogen) atoms. The molecule has 0 unspecified atom stereocenters. The Morgan fingerprint density at radius 1 is 1.36 bits per heavy atom. The molecule has 2 aromatic rings. The van der Waals surface area contributed by atoms with Crippen LogP contribution in [0.25, 0.3) is 11.4 Å². The molecular formula is C9H7BrN2O2. The van der Waals surface area contributed by atoms with Crippen molar-refractivity contribution in [2.75, 3.05) is 0 Å². The summed E-state index contributed by atoms with van der Waals surface area (Å²) in [5, 5.41) is 12.6. The highest BCUT2D eigenvalue weighted by molar-refractivity contribution is 9.10. The molecule has 4 nitrogen and oxygen atoms in total. The summed E-state index contributed by atoms with van der Waals surface area (Å²) in [5.41, 5.74) is 1.33. The summed E-state index contributed by atoms with van der Waals surface area (Å²) >= 11 is 3.26. The van der Waals surface area contributed by atoms with Gasteiger partial charge in [-0.25, -0.2) is 4.98 Å². The molecule has 2 aromatic heterocycles. The van der Waals surface area contributed by atoms with E-state index in [1.165, 1.54) is 0 Å². The van der Waals surface area contributed by atoms with Crippen molar-refractivity contribution in [3.8, 4) is 11.4 Å². The van der Waals surface area contributed by atoms with Gasteiger partial charge in [0.2, 0.25) is 0 Å². The van der Waals surface area contributed by atoms with Crippen molar-refractivity contribution in [1.29, 1.82) is 0 Å². The Morgan fingerprint density at radius 3 is 2.86 bits per heavy atom. The molecule has 0 bridgehead atoms. The van der Waals surface area contributed by atoms with E-state index in [0.29, 0.717) is 17.1 Å². The molecule has 0 aliphatic heterocycles. The highest BCUT2D eigenvalue weighted by Crippen LogP contribution is 2.18. The van der Waals surface area contributed by atoms with Crippen LogP contribution < -0.4 is 0 Å². The minimum Gasteiger partial charge on any atom is -0.388 e. The van der Waals surface area contributed by atoms with Crippen molar-refractivity contribution in [2.24, 2.45) is 0 Å². The van der Waals surface area contributed by atoms with Crippen molar-refractivity contribution in [3.05, 3.63) is 34.6 Å². The zero-order valence-corrected chi connectivity index (χ0v) is 8.73. The largest absolute Gasteiger partial charge is 0.388 e. The van der Waals surface area contributed by atoms with Crippen molar-refractivity contribution in [3.63, 3.8) is 0 Å². The van der Waals surface area contributed by atoms with Gasteiger partial charge in [-0.15, -0.1) is 0 Å². The number of aliphatic hydroxyl groups is 1. The Hall–Kier alpha value is -1.20. The van der Waals surface area contributed by atoms with E-state index >= 15 is 0 Å². The first kappa shape index (κ1) is 9.36. The Balaban J connectivity index is 2.39. The molecule has 0 atom stereocenters. The highest BCUT2D eigenvalue weighted by Gasteiger charge is 2.06. The molecule has 0 aliphatic carbocycles. The first-order valence-electron chi connectivity index (χ1n) is 3.99. The monoisotopic (exact) mass is 254 g/mol. The Kier molecular flexibility index (Phi) is 2.60. The predicted molar refractivity (Wildman–Crippen MR) is 53.4 cm³/mol. The van der Waals surface area contributed by atoms with Gasteiger partial charge in [0.05, 0.1) is 5.69 Å². The number of aliphatic hydroxyl groups excluding tert-OH is 1. The molecule has 0 amide bonds. The Bertz CT molecular complexity index is 442. The second-order valence-corrected chi connectivity index (χ2v) is 3.49. The van der Waals surface area contributed by atoms with Crippen molar-refractivity contribution >= 4 is 15.9 Å². The predicted octanol–water partition coefficient (Wildman–Crippen LogP) is 1.99. The van der Waals surface area contributed by atoms with Crippen LogP contribution in [0, 0.1) is 0 Å². The number of nitrogens with zero attached hydrogens (tertiary/aromatic N) is 2. The van der Waals surface area contributed by atoms with E-state index in [-0.39, 0.29) is 6.61 Å². The van der Waals surface area contributed by atoms with Gasteiger partial charge in [0.1, 0.15) is 16.9 Å². The Labute approximate surface area is 88.7 Å². The maximum atomic E-state index is 8.79. The highest BCUT2D eigenvalue weighted by atomic mass is 79.9. The summed E-state index contributed by atoms with van der Waals surface area (Å²) in [6.07, 6.45) is 0. The van der Waals surface area contributed by atoms with Gasteiger partial charge in [-0.1, -0.05) is 11.2 Å². The van der Waals surface area contributed by atoms with Crippen LogP contribution in [0.1, 0.15) is 5.76 Å². The standard InChI is InChI=1S/C9H7BrN2O2/c10-9-3-1-2-7(11-9)8-4-6(5-13)14-12-8/h1-4,13H,5H2. The molecule has 0 fully saturated rings. The van der Waals surface area contributed by atoms with Crippen LogP contribution in [-0.2, 0) is 6.61 Å². The van der Waals surface area contributed by atoms with E-state index in [0.717, 1.165) is 4.60 Å². The summed E-state index contributed by atoms with van der Waals surface area (Å²) in [5.74, 6) is 0.432. The second-order valence-electron chi connectivity index (χ2n) is 2.68. The lowest BCUT2D eigenvalue weighted by molar-refractivity contribution is 0.229. The van der Waals surface area contributed by atoms with Gasteiger partial charge < -0.3 is 9.63 Å². The van der Waals surface area contributed by atoms with Gasteiger partial charge in [0.15, 0.2) is 5.76 Å². The van der Waals surface area contributed by atoms with E-state index in [1.54, 1.807) is 6.07 Å². The summed E-state index contributed by atoms with van der Waals surface area (Å²) in [6, 6.07) is 7.18. The SMILES string of the molecule is OCc1cc(-c2cccc(Br)n2)no1. The van der Waals surface area contributed by atoms with Crippen LogP contribution in [0.2, 0.25) is 0 Å². The van der Waals surface area contributed by atoms with Crippen LogP contribution in [0.15, 0.2) is 33.4 Å². The number of hydrogen-bond donors (Lipinski definition) is 1. The molecular weight excluding hydrogens is 248 g/mol. The van der Waals surface area contributed by atoms with Gasteiger partial charge in [-0.2, -0.15) is 0 Å². The molecule has 0 saturated heterocycles. The van der Waals surface area contributed by atoms with Crippen LogP contribution in [0.3, 0.4) is 0 Å². The van der Waals surface area contributed by atoms with Gasteiger partial charge in [0.25, 0.3) is 0 Å². The zero-order chi connectivity index (χ0) is 9.97. The molecule has 5 heteroatoms. The molecule has 2 rings (SSSR count). The normalized spacial score (nSPS) is 10.4. The minimum atomic E-state index is -0.152. The van der Waals surface area contributed by atoms with Crippen molar-refractivity contribution < 1.29 is 9.63 Å². The number of hydrogen-bond acceptors (Lipinski definition) is 4. The molecule has 0 aromatic carbocycles. The first-order valence-corrected chi connectivity index (χ1v) is 4.78. The van der Waals surface area contributed by atoms with Crippen LogP contribution >= 0.6 is 15.9 Å². The average Bonchev–Trinajstić information content (AvgIpc) is 2.66. The molecule has 0 aliphatic rings. The molecule has 0 saturated carbocycles. The maximum absolute atomic E-state index is 8.79. The first-order chi connectivity index (χ1) is 6.79. The number of halogens is 1. The topological polar surface area (TPSA) is 59.2 Å². The summed E-state index contributed by atoms with van der Waals surface area (Å²) in [6.45, 7) is -0.152. The molecule has 2 heterocycles. The lowest BCUT2D eigenvalue weighted by Crippen LogP contribution is -1.82. The lowest BCUT2D eigenvalue weighted by atomic mass is 10.2. The van der Waals surface area contributed by atoms with Crippen molar-refractivity contribution in [2.45, 2.75) is 6.61 Å². The molecule has 72 valence electrons. The van der Waals surface area contributed by atoms with E-state index in [4.69, 9.17) is 9.63 Å². The van der Waals surface area contributed by atoms with Gasteiger partial charge in [0, 0.05) is 6.07 Å². The number of rotatable bonds is 2. The van der Waals surface area contributed by atoms with E-state index in [9.17, 15) is 0 Å². The quantitative estimate of drug-likeness (QED) is 0.833. The van der Waals surface area contributed by atoms with E-state index in [2.05, 4.69) is 26.1 Å². The number of pyridine rings is 1. The maximum Gasteiger partial charge on any atom is 0.162 e. The fourth-order valence-electron chi connectivity index (χ4n) is 1.06. The summed E-state index contributed by atoms with van der Waals surface area (Å²) in [4.78, 5) is 4.20. The van der Waals surface area contributed by atoms with E-state index in [1.807, 2.05) is 18.2 Å². The molecule has 0 spiro atoms. The zero-order valence-electron chi connectivity index (χ0n) is 7.14. The molecule has 0 radical (unpaired) electrons. The fraction of sp³-hybridized carbons (Fsp3) is 0.111. The van der Waals surface area contributed by atoms with Gasteiger partial charge in [-0.05, 0) is 28.1 Å². The minimum absolute atomic E-state index is 0.152.